The average Bonchev–Trinajstić information content (AvgIpc) is 3.57. The summed E-state index contributed by atoms with van der Waals surface area (Å²) in [6, 6.07) is 23.9. The van der Waals surface area contributed by atoms with E-state index in [-0.39, 0.29) is 23.8 Å². The molecule has 3 aromatic carbocycles. The van der Waals surface area contributed by atoms with Gasteiger partial charge in [-0.05, 0) is 84.4 Å². The molecule has 5 nitrogen and oxygen atoms in total. The van der Waals surface area contributed by atoms with Crippen LogP contribution in [0.15, 0.2) is 114 Å². The van der Waals surface area contributed by atoms with Gasteiger partial charge in [0.05, 0.1) is 17.4 Å². The molecule has 1 aliphatic heterocycles. The van der Waals surface area contributed by atoms with E-state index < -0.39 is 0 Å². The van der Waals surface area contributed by atoms with Crippen molar-refractivity contribution in [2.75, 3.05) is 5.01 Å². The molecule has 0 aromatic heterocycles. The number of fused-ring (bicyclic) bond motifs is 1. The number of hydrogen-bond acceptors (Lipinski definition) is 3. The summed E-state index contributed by atoms with van der Waals surface area (Å²) in [5.41, 5.74) is 11.5. The molecule has 3 atom stereocenters. The molecular weight excluding hydrogens is 523 g/mol. The highest BCUT2D eigenvalue weighted by molar-refractivity contribution is 6.30. The first-order chi connectivity index (χ1) is 19.5. The number of carbonyl (C=O) groups is 1. The maximum atomic E-state index is 13.5. The van der Waals surface area contributed by atoms with Crippen LogP contribution in [0.1, 0.15) is 43.4 Å². The predicted molar refractivity (Wildman–Crippen MR) is 158 cm³/mol. The highest BCUT2D eigenvalue weighted by Gasteiger charge is 2.39. The molecule has 3 aromatic rings. The third kappa shape index (κ3) is 5.36. The molecule has 2 aliphatic carbocycles. The minimum absolute atomic E-state index is 0.124. The van der Waals surface area contributed by atoms with Gasteiger partial charge in [-0.15, -0.1) is 0 Å². The van der Waals surface area contributed by atoms with Gasteiger partial charge >= 0.3 is 6.03 Å². The van der Waals surface area contributed by atoms with Crippen LogP contribution in [0.25, 0.3) is 0 Å². The van der Waals surface area contributed by atoms with E-state index in [4.69, 9.17) is 11.6 Å². The number of carbonyl (C=O) groups excluding carboxylic acids is 1. The maximum Gasteiger partial charge on any atom is 0.315 e. The Balaban J connectivity index is 1.20. The zero-order valence-corrected chi connectivity index (χ0v) is 23.1. The molecule has 1 unspecified atom stereocenters. The summed E-state index contributed by atoms with van der Waals surface area (Å²) in [6.07, 6.45) is 7.22. The lowest BCUT2D eigenvalue weighted by atomic mass is 9.78. The molecule has 7 heteroatoms. The Morgan fingerprint density at radius 1 is 1.10 bits per heavy atom. The van der Waals surface area contributed by atoms with Crippen LogP contribution in [0.3, 0.4) is 0 Å². The average molecular weight is 555 g/mol. The maximum absolute atomic E-state index is 13.5. The topological polar surface area (TPSA) is 56.4 Å². The van der Waals surface area contributed by atoms with Gasteiger partial charge < -0.3 is 16.1 Å². The zero-order chi connectivity index (χ0) is 27.6. The molecule has 0 saturated carbocycles. The van der Waals surface area contributed by atoms with E-state index in [0.29, 0.717) is 17.5 Å². The summed E-state index contributed by atoms with van der Waals surface area (Å²) in [6.45, 7) is 2.67. The summed E-state index contributed by atoms with van der Waals surface area (Å²) in [4.78, 5) is 13.0. The second kappa shape index (κ2) is 11.2. The third-order valence-electron chi connectivity index (χ3n) is 8.16. The molecule has 1 heterocycles. The largest absolute Gasteiger partial charge is 0.334 e. The summed E-state index contributed by atoms with van der Waals surface area (Å²) in [5, 5.41) is 8.92. The van der Waals surface area contributed by atoms with E-state index in [1.807, 2.05) is 47.5 Å². The molecule has 6 rings (SSSR count). The van der Waals surface area contributed by atoms with Crippen molar-refractivity contribution in [1.82, 2.24) is 16.1 Å². The van der Waals surface area contributed by atoms with E-state index >= 15 is 0 Å². The fourth-order valence-electron chi connectivity index (χ4n) is 6.25. The van der Waals surface area contributed by atoms with Gasteiger partial charge in [-0.2, -0.15) is 0 Å². The Morgan fingerprint density at radius 3 is 2.67 bits per heavy atom. The van der Waals surface area contributed by atoms with Crippen molar-refractivity contribution < 1.29 is 9.18 Å². The van der Waals surface area contributed by atoms with Gasteiger partial charge in [0.15, 0.2) is 0 Å². The van der Waals surface area contributed by atoms with Crippen LogP contribution >= 0.6 is 11.6 Å². The van der Waals surface area contributed by atoms with Crippen molar-refractivity contribution in [3.05, 3.63) is 136 Å². The second-order valence-electron chi connectivity index (χ2n) is 10.7. The summed E-state index contributed by atoms with van der Waals surface area (Å²) < 4.78 is 13.5. The number of amides is 2. The SMILES string of the molecule is C[C@H]1C2=CNN(c3ccc(F)cc3)C2=CC2=C1[C@@H](CC(NC(=O)NCc1cccc(Cl)c1)c1ccccc1)CC2. The number of nitrogens with zero attached hydrogens (tertiary/aromatic N) is 1. The molecular formula is C33H32ClFN4O. The highest BCUT2D eigenvalue weighted by Crippen LogP contribution is 2.49. The van der Waals surface area contributed by atoms with Gasteiger partial charge in [-0.3, -0.25) is 5.01 Å². The molecule has 0 spiro atoms. The molecule has 0 fully saturated rings. The van der Waals surface area contributed by atoms with Crippen molar-refractivity contribution >= 4 is 23.3 Å². The Bertz CT molecular complexity index is 1500. The molecule has 0 radical (unpaired) electrons. The quantitative estimate of drug-likeness (QED) is 0.282. The van der Waals surface area contributed by atoms with Crippen molar-refractivity contribution in [3.63, 3.8) is 0 Å². The first-order valence-electron chi connectivity index (χ1n) is 13.8. The zero-order valence-electron chi connectivity index (χ0n) is 22.3. The molecule has 40 heavy (non-hydrogen) atoms. The second-order valence-corrected chi connectivity index (χ2v) is 11.1. The standard InChI is InChI=1S/C33H32ClFN4O/c1-21-29-20-37-39(28-14-12-27(35)13-15-28)31(29)18-25-11-10-24(32(21)25)17-30(23-7-3-2-4-8-23)38-33(40)36-19-22-6-5-9-26(34)16-22/h2-9,12-16,18,20-21,24,30,37H,10-11,17,19H2,1H3,(H2,36,38,40)/t21-,24+,30?/m0/s1. The number of urea groups is 1. The number of rotatable bonds is 7. The normalized spacial score (nSPS) is 20.2. The Morgan fingerprint density at radius 2 is 1.90 bits per heavy atom. The Kier molecular flexibility index (Phi) is 7.35. The lowest BCUT2D eigenvalue weighted by molar-refractivity contribution is 0.234. The van der Waals surface area contributed by atoms with Gasteiger partial charge in [0.1, 0.15) is 5.82 Å². The van der Waals surface area contributed by atoms with Crippen LogP contribution in [-0.4, -0.2) is 6.03 Å². The first kappa shape index (κ1) is 26.2. The Hall–Kier alpha value is -4.03. The first-order valence-corrected chi connectivity index (χ1v) is 14.1. The van der Waals surface area contributed by atoms with Crippen molar-refractivity contribution in [3.8, 4) is 0 Å². The summed E-state index contributed by atoms with van der Waals surface area (Å²) >= 11 is 6.10. The number of anilines is 1. The lowest BCUT2D eigenvalue weighted by Crippen LogP contribution is -2.38. The fraction of sp³-hybridized carbons (Fsp3) is 0.242. The van der Waals surface area contributed by atoms with Crippen molar-refractivity contribution in [1.29, 1.82) is 0 Å². The van der Waals surface area contributed by atoms with Crippen LogP contribution in [0, 0.1) is 17.7 Å². The van der Waals surface area contributed by atoms with Gasteiger partial charge in [0.2, 0.25) is 0 Å². The van der Waals surface area contributed by atoms with E-state index in [1.54, 1.807) is 12.1 Å². The molecule has 204 valence electrons. The van der Waals surface area contributed by atoms with E-state index in [1.165, 1.54) is 28.9 Å². The number of halogens is 2. The number of allylic oxidation sites excluding steroid dienone is 4. The lowest BCUT2D eigenvalue weighted by Gasteiger charge is -2.31. The smallest absolute Gasteiger partial charge is 0.315 e. The van der Waals surface area contributed by atoms with Gasteiger partial charge in [-0.25, -0.2) is 9.18 Å². The molecule has 2 amide bonds. The number of hydrazine groups is 1. The number of hydrogen-bond donors (Lipinski definition) is 3. The minimum atomic E-state index is -0.245. The summed E-state index contributed by atoms with van der Waals surface area (Å²) in [5.74, 6) is 0.348. The van der Waals surface area contributed by atoms with Crippen molar-refractivity contribution in [2.24, 2.45) is 11.8 Å². The van der Waals surface area contributed by atoms with Crippen LogP contribution in [0.2, 0.25) is 5.02 Å². The Labute approximate surface area is 239 Å². The monoisotopic (exact) mass is 554 g/mol. The number of nitrogens with one attached hydrogen (secondary N) is 3. The van der Waals surface area contributed by atoms with Crippen LogP contribution in [-0.2, 0) is 6.54 Å². The van der Waals surface area contributed by atoms with Crippen LogP contribution < -0.4 is 21.1 Å². The van der Waals surface area contributed by atoms with Gasteiger partial charge in [-0.1, -0.05) is 66.6 Å². The van der Waals surface area contributed by atoms with E-state index in [2.05, 4.69) is 47.4 Å². The molecule has 0 bridgehead atoms. The highest BCUT2D eigenvalue weighted by atomic mass is 35.5. The number of benzene rings is 3. The molecule has 3 N–H and O–H groups in total. The van der Waals surface area contributed by atoms with Crippen LogP contribution in [0.5, 0.6) is 0 Å². The minimum Gasteiger partial charge on any atom is -0.334 e. The van der Waals surface area contributed by atoms with Crippen molar-refractivity contribution in [2.45, 2.75) is 38.8 Å². The van der Waals surface area contributed by atoms with Crippen LogP contribution in [0.4, 0.5) is 14.9 Å². The van der Waals surface area contributed by atoms with E-state index in [0.717, 1.165) is 41.8 Å². The predicted octanol–water partition coefficient (Wildman–Crippen LogP) is 7.56. The molecule has 0 saturated heterocycles. The van der Waals surface area contributed by atoms with E-state index in [9.17, 15) is 9.18 Å². The fourth-order valence-corrected chi connectivity index (χ4v) is 6.46. The summed E-state index contributed by atoms with van der Waals surface area (Å²) in [7, 11) is 0. The van der Waals surface area contributed by atoms with Gasteiger partial charge in [0.25, 0.3) is 0 Å². The molecule has 3 aliphatic rings. The van der Waals surface area contributed by atoms with Gasteiger partial charge in [0, 0.05) is 29.3 Å². The third-order valence-corrected chi connectivity index (χ3v) is 8.39.